The van der Waals surface area contributed by atoms with Crippen molar-refractivity contribution in [2.24, 2.45) is 0 Å². The first-order valence-electron chi connectivity index (χ1n) is 5.75. The van der Waals surface area contributed by atoms with Gasteiger partial charge in [0.25, 0.3) is 0 Å². The third-order valence-electron chi connectivity index (χ3n) is 3.36. The molecule has 6 heteroatoms. The van der Waals surface area contributed by atoms with Crippen LogP contribution >= 0.6 is 0 Å². The Balaban J connectivity index is 2.36. The van der Waals surface area contributed by atoms with Gasteiger partial charge in [-0.2, -0.15) is 5.10 Å². The summed E-state index contributed by atoms with van der Waals surface area (Å²) >= 11 is 0. The van der Waals surface area contributed by atoms with Crippen molar-refractivity contribution in [1.29, 1.82) is 0 Å². The van der Waals surface area contributed by atoms with E-state index < -0.39 is 0 Å². The van der Waals surface area contributed by atoms with Gasteiger partial charge in [-0.15, -0.1) is 0 Å². The number of fused-ring (bicyclic) bond motifs is 3. The minimum atomic E-state index is -0.367. The maximum atomic E-state index is 13.5. The SMILES string of the molecule is Cc1nc2n(n1)-c1cc(F)cc(N)c1N(C)C2C. The fraction of sp³-hybridized carbons (Fsp3) is 0.333. The maximum absolute atomic E-state index is 13.5. The average molecular weight is 247 g/mol. The van der Waals surface area contributed by atoms with Crippen LogP contribution in [0.3, 0.4) is 0 Å². The molecule has 1 aromatic carbocycles. The lowest BCUT2D eigenvalue weighted by molar-refractivity contribution is 0.603. The average Bonchev–Trinajstić information content (AvgIpc) is 2.67. The number of aromatic nitrogens is 3. The molecular formula is C12H14FN5. The largest absolute Gasteiger partial charge is 0.397 e. The number of anilines is 2. The van der Waals surface area contributed by atoms with Gasteiger partial charge < -0.3 is 10.6 Å². The van der Waals surface area contributed by atoms with E-state index in [2.05, 4.69) is 10.1 Å². The van der Waals surface area contributed by atoms with Gasteiger partial charge in [-0.05, 0) is 19.9 Å². The Bertz CT molecular complexity index is 634. The summed E-state index contributed by atoms with van der Waals surface area (Å²) in [5, 5.41) is 4.32. The van der Waals surface area contributed by atoms with E-state index in [1.54, 1.807) is 4.68 Å². The van der Waals surface area contributed by atoms with Gasteiger partial charge in [0.1, 0.15) is 11.6 Å². The van der Waals surface area contributed by atoms with Crippen molar-refractivity contribution in [2.75, 3.05) is 17.7 Å². The molecule has 2 N–H and O–H groups in total. The molecule has 0 spiro atoms. The first kappa shape index (κ1) is 11.0. The number of aryl methyl sites for hydroxylation is 1. The molecule has 1 atom stereocenters. The Morgan fingerprint density at radius 1 is 1.39 bits per heavy atom. The highest BCUT2D eigenvalue weighted by molar-refractivity contribution is 5.79. The highest BCUT2D eigenvalue weighted by atomic mass is 19.1. The van der Waals surface area contributed by atoms with Gasteiger partial charge in [0, 0.05) is 13.1 Å². The lowest BCUT2D eigenvalue weighted by Crippen LogP contribution is -2.31. The molecule has 0 amide bonds. The zero-order chi connectivity index (χ0) is 13.0. The molecule has 0 fully saturated rings. The minimum Gasteiger partial charge on any atom is -0.397 e. The van der Waals surface area contributed by atoms with Crippen LogP contribution in [-0.4, -0.2) is 21.8 Å². The van der Waals surface area contributed by atoms with Gasteiger partial charge in [-0.3, -0.25) is 0 Å². The molecule has 0 radical (unpaired) electrons. The van der Waals surface area contributed by atoms with Gasteiger partial charge in [0.2, 0.25) is 0 Å². The summed E-state index contributed by atoms with van der Waals surface area (Å²) in [6, 6.07) is 2.81. The van der Waals surface area contributed by atoms with Crippen molar-refractivity contribution in [1.82, 2.24) is 14.8 Å². The first-order chi connectivity index (χ1) is 8.49. The number of benzene rings is 1. The predicted octanol–water partition coefficient (Wildman–Crippen LogP) is 1.81. The van der Waals surface area contributed by atoms with E-state index in [0.29, 0.717) is 17.2 Å². The van der Waals surface area contributed by atoms with E-state index in [0.717, 1.165) is 11.5 Å². The summed E-state index contributed by atoms with van der Waals surface area (Å²) in [6.07, 6.45) is 0. The van der Waals surface area contributed by atoms with Crippen LogP contribution in [0.15, 0.2) is 12.1 Å². The molecule has 0 aliphatic carbocycles. The Labute approximate surface area is 104 Å². The zero-order valence-electron chi connectivity index (χ0n) is 10.5. The zero-order valence-corrected chi connectivity index (χ0v) is 10.5. The third kappa shape index (κ3) is 1.32. The van der Waals surface area contributed by atoms with E-state index in [4.69, 9.17) is 5.73 Å². The molecule has 0 bridgehead atoms. The van der Waals surface area contributed by atoms with Crippen LogP contribution in [-0.2, 0) is 0 Å². The molecule has 2 aromatic rings. The number of nitrogens with two attached hydrogens (primary N) is 1. The van der Waals surface area contributed by atoms with Crippen molar-refractivity contribution in [3.05, 3.63) is 29.6 Å². The van der Waals surface area contributed by atoms with Gasteiger partial charge >= 0.3 is 0 Å². The standard InChI is InChI=1S/C12H14FN5/c1-6-12-15-7(2)16-18(12)10-5-8(13)4-9(14)11(10)17(6)3/h4-6H,14H2,1-3H3. The number of hydrogen-bond donors (Lipinski definition) is 1. The van der Waals surface area contributed by atoms with E-state index >= 15 is 0 Å². The molecule has 1 aromatic heterocycles. The molecule has 1 aliphatic heterocycles. The summed E-state index contributed by atoms with van der Waals surface area (Å²) in [5.74, 6) is 1.10. The fourth-order valence-corrected chi connectivity index (χ4v) is 2.40. The normalized spacial score (nSPS) is 17.6. The molecule has 5 nitrogen and oxygen atoms in total. The van der Waals surface area contributed by atoms with Gasteiger partial charge in [-0.25, -0.2) is 14.1 Å². The second-order valence-corrected chi connectivity index (χ2v) is 4.58. The van der Waals surface area contributed by atoms with E-state index in [1.165, 1.54) is 12.1 Å². The molecule has 0 saturated heterocycles. The van der Waals surface area contributed by atoms with Crippen LogP contribution in [0.5, 0.6) is 0 Å². The number of nitrogens with zero attached hydrogens (tertiary/aromatic N) is 4. The van der Waals surface area contributed by atoms with Crippen molar-refractivity contribution in [3.63, 3.8) is 0 Å². The summed E-state index contributed by atoms with van der Waals surface area (Å²) in [5.41, 5.74) is 7.77. The van der Waals surface area contributed by atoms with Crippen LogP contribution < -0.4 is 10.6 Å². The minimum absolute atomic E-state index is 0.0476. The molecule has 0 saturated carbocycles. The molecule has 1 unspecified atom stereocenters. The van der Waals surface area contributed by atoms with Crippen molar-refractivity contribution < 1.29 is 4.39 Å². The first-order valence-corrected chi connectivity index (χ1v) is 5.75. The molecule has 3 rings (SSSR count). The van der Waals surface area contributed by atoms with Crippen LogP contribution in [0.25, 0.3) is 5.69 Å². The molecular weight excluding hydrogens is 233 g/mol. The smallest absolute Gasteiger partial charge is 0.154 e. The maximum Gasteiger partial charge on any atom is 0.154 e. The lowest BCUT2D eigenvalue weighted by Gasteiger charge is -2.34. The fourth-order valence-electron chi connectivity index (χ4n) is 2.40. The van der Waals surface area contributed by atoms with Gasteiger partial charge in [0.05, 0.1) is 23.1 Å². The number of halogens is 1. The number of hydrogen-bond acceptors (Lipinski definition) is 4. The molecule has 2 heterocycles. The van der Waals surface area contributed by atoms with Crippen molar-refractivity contribution >= 4 is 11.4 Å². The molecule has 18 heavy (non-hydrogen) atoms. The van der Waals surface area contributed by atoms with Gasteiger partial charge in [0.15, 0.2) is 5.82 Å². The monoisotopic (exact) mass is 247 g/mol. The topological polar surface area (TPSA) is 60.0 Å². The predicted molar refractivity (Wildman–Crippen MR) is 67.3 cm³/mol. The summed E-state index contributed by atoms with van der Waals surface area (Å²) < 4.78 is 15.2. The summed E-state index contributed by atoms with van der Waals surface area (Å²) in [6.45, 7) is 3.84. The van der Waals surface area contributed by atoms with Crippen LogP contribution in [0, 0.1) is 12.7 Å². The van der Waals surface area contributed by atoms with E-state index in [1.807, 2.05) is 25.8 Å². The molecule has 1 aliphatic rings. The third-order valence-corrected chi connectivity index (χ3v) is 3.36. The Morgan fingerprint density at radius 2 is 2.11 bits per heavy atom. The van der Waals surface area contributed by atoms with Crippen molar-refractivity contribution in [2.45, 2.75) is 19.9 Å². The quantitative estimate of drug-likeness (QED) is 0.721. The summed E-state index contributed by atoms with van der Waals surface area (Å²) in [7, 11) is 1.92. The van der Waals surface area contributed by atoms with Crippen LogP contribution in [0.4, 0.5) is 15.8 Å². The van der Waals surface area contributed by atoms with Crippen LogP contribution in [0.1, 0.15) is 24.6 Å². The Morgan fingerprint density at radius 3 is 2.83 bits per heavy atom. The number of rotatable bonds is 0. The second-order valence-electron chi connectivity index (χ2n) is 4.58. The highest BCUT2D eigenvalue weighted by Gasteiger charge is 2.30. The lowest BCUT2D eigenvalue weighted by atomic mass is 10.1. The Kier molecular flexibility index (Phi) is 2.10. The Hall–Kier alpha value is -2.11. The molecule has 94 valence electrons. The van der Waals surface area contributed by atoms with E-state index in [-0.39, 0.29) is 11.9 Å². The number of nitrogen functional groups attached to an aromatic ring is 1. The highest BCUT2D eigenvalue weighted by Crippen LogP contribution is 2.40. The van der Waals surface area contributed by atoms with Gasteiger partial charge in [-0.1, -0.05) is 0 Å². The summed E-state index contributed by atoms with van der Waals surface area (Å²) in [4.78, 5) is 6.38. The van der Waals surface area contributed by atoms with Crippen LogP contribution in [0.2, 0.25) is 0 Å². The van der Waals surface area contributed by atoms with E-state index in [9.17, 15) is 4.39 Å². The second kappa shape index (κ2) is 3.44. The van der Waals surface area contributed by atoms with Crippen molar-refractivity contribution in [3.8, 4) is 5.69 Å².